The number of nitrogens with one attached hydrogen (secondary N) is 2. The molecule has 0 spiro atoms. The molecule has 3 N–H and O–H groups in total. The van der Waals surface area contributed by atoms with Gasteiger partial charge in [-0.3, -0.25) is 4.79 Å². The third kappa shape index (κ3) is 5.62. The molecule has 5 heteroatoms. The number of halogens is 1. The van der Waals surface area contributed by atoms with E-state index in [0.717, 1.165) is 10.2 Å². The molecule has 1 aromatic rings. The summed E-state index contributed by atoms with van der Waals surface area (Å²) >= 11 is 3.33. The molecule has 0 heterocycles. The third-order valence-electron chi connectivity index (χ3n) is 2.54. The number of rotatable bonds is 6. The fourth-order valence-electron chi connectivity index (χ4n) is 1.31. The quantitative estimate of drug-likeness (QED) is 0.752. The van der Waals surface area contributed by atoms with Gasteiger partial charge in [-0.15, -0.1) is 0 Å². The van der Waals surface area contributed by atoms with Gasteiger partial charge in [-0.05, 0) is 30.2 Å². The van der Waals surface area contributed by atoms with E-state index in [1.54, 1.807) is 0 Å². The standard InChI is InChI=1S/C13H19BrN2O2/c1-9(2)12(17)7-15-8-13(18)16-11-5-3-10(14)4-6-11/h3-6,9,12,15,17H,7-8H2,1-2H3,(H,16,18). The molecular weight excluding hydrogens is 296 g/mol. The van der Waals surface area contributed by atoms with E-state index in [0.29, 0.717) is 6.54 Å². The van der Waals surface area contributed by atoms with Crippen molar-refractivity contribution < 1.29 is 9.90 Å². The molecule has 0 saturated heterocycles. The number of carbonyl (C=O) groups excluding carboxylic acids is 1. The molecule has 4 nitrogen and oxygen atoms in total. The van der Waals surface area contributed by atoms with Gasteiger partial charge in [0, 0.05) is 16.7 Å². The van der Waals surface area contributed by atoms with Crippen molar-refractivity contribution in [2.24, 2.45) is 5.92 Å². The van der Waals surface area contributed by atoms with Gasteiger partial charge >= 0.3 is 0 Å². The Bertz CT molecular complexity index is 379. The monoisotopic (exact) mass is 314 g/mol. The van der Waals surface area contributed by atoms with Gasteiger partial charge in [-0.25, -0.2) is 0 Å². The molecule has 100 valence electrons. The summed E-state index contributed by atoms with van der Waals surface area (Å²) < 4.78 is 0.971. The second-order valence-corrected chi connectivity index (χ2v) is 5.41. The predicted octanol–water partition coefficient (Wildman–Crippen LogP) is 1.99. The highest BCUT2D eigenvalue weighted by molar-refractivity contribution is 9.10. The molecule has 1 unspecified atom stereocenters. The molecule has 18 heavy (non-hydrogen) atoms. The zero-order valence-electron chi connectivity index (χ0n) is 10.6. The average molecular weight is 315 g/mol. The maximum atomic E-state index is 11.6. The minimum absolute atomic E-state index is 0.117. The molecule has 0 radical (unpaired) electrons. The minimum atomic E-state index is -0.425. The lowest BCUT2D eigenvalue weighted by Gasteiger charge is -2.14. The summed E-state index contributed by atoms with van der Waals surface area (Å²) in [6.45, 7) is 4.49. The fraction of sp³-hybridized carbons (Fsp3) is 0.462. The van der Waals surface area contributed by atoms with Gasteiger partial charge in [0.15, 0.2) is 0 Å². The van der Waals surface area contributed by atoms with Crippen LogP contribution < -0.4 is 10.6 Å². The summed E-state index contributed by atoms with van der Waals surface area (Å²) in [7, 11) is 0. The van der Waals surface area contributed by atoms with Crippen LogP contribution in [0.4, 0.5) is 5.69 Å². The Kier molecular flexibility index (Phi) is 6.32. The van der Waals surface area contributed by atoms with E-state index in [1.165, 1.54) is 0 Å². The van der Waals surface area contributed by atoms with E-state index in [4.69, 9.17) is 0 Å². The molecule has 1 atom stereocenters. The summed E-state index contributed by atoms with van der Waals surface area (Å²) in [5.74, 6) is 0.0697. The summed E-state index contributed by atoms with van der Waals surface area (Å²) in [4.78, 5) is 11.6. The van der Waals surface area contributed by atoms with Crippen molar-refractivity contribution in [1.29, 1.82) is 0 Å². The molecular formula is C13H19BrN2O2. The van der Waals surface area contributed by atoms with Gasteiger partial charge in [0.05, 0.1) is 12.6 Å². The first-order valence-electron chi connectivity index (χ1n) is 5.93. The highest BCUT2D eigenvalue weighted by Gasteiger charge is 2.09. The molecule has 0 fully saturated rings. The number of aliphatic hydroxyl groups is 1. The topological polar surface area (TPSA) is 61.4 Å². The Morgan fingerprint density at radius 1 is 1.33 bits per heavy atom. The van der Waals surface area contributed by atoms with E-state index < -0.39 is 6.10 Å². The lowest BCUT2D eigenvalue weighted by Crippen LogP contribution is -2.35. The number of carbonyl (C=O) groups is 1. The predicted molar refractivity (Wildman–Crippen MR) is 76.5 cm³/mol. The van der Waals surface area contributed by atoms with Crippen molar-refractivity contribution in [2.45, 2.75) is 20.0 Å². The summed E-state index contributed by atoms with van der Waals surface area (Å²) in [6.07, 6.45) is -0.425. The zero-order chi connectivity index (χ0) is 13.5. The Labute approximate surface area is 116 Å². The van der Waals surface area contributed by atoms with Gasteiger partial charge < -0.3 is 15.7 Å². The van der Waals surface area contributed by atoms with Crippen molar-refractivity contribution >= 4 is 27.5 Å². The van der Waals surface area contributed by atoms with Crippen LogP contribution in [0.15, 0.2) is 28.7 Å². The van der Waals surface area contributed by atoms with Crippen LogP contribution in [-0.2, 0) is 4.79 Å². The largest absolute Gasteiger partial charge is 0.392 e. The molecule has 1 aromatic carbocycles. The van der Waals surface area contributed by atoms with E-state index >= 15 is 0 Å². The van der Waals surface area contributed by atoms with Crippen LogP contribution in [0.2, 0.25) is 0 Å². The van der Waals surface area contributed by atoms with Crippen LogP contribution in [0, 0.1) is 5.92 Å². The van der Waals surface area contributed by atoms with E-state index in [9.17, 15) is 9.90 Å². The number of aliphatic hydroxyl groups excluding tert-OH is 1. The summed E-state index contributed by atoms with van der Waals surface area (Å²) in [6, 6.07) is 7.38. The van der Waals surface area contributed by atoms with Gasteiger partial charge in [0.2, 0.25) is 5.91 Å². The van der Waals surface area contributed by atoms with E-state index in [1.807, 2.05) is 38.1 Å². The summed E-state index contributed by atoms with van der Waals surface area (Å²) in [5.41, 5.74) is 0.759. The van der Waals surface area contributed by atoms with Crippen LogP contribution in [0.3, 0.4) is 0 Å². The average Bonchev–Trinajstić information content (AvgIpc) is 2.32. The molecule has 1 rings (SSSR count). The van der Waals surface area contributed by atoms with Crippen molar-refractivity contribution in [3.63, 3.8) is 0 Å². The third-order valence-corrected chi connectivity index (χ3v) is 3.07. The highest BCUT2D eigenvalue weighted by atomic mass is 79.9. The first-order chi connectivity index (χ1) is 8.49. The first kappa shape index (κ1) is 15.1. The number of hydrogen-bond acceptors (Lipinski definition) is 3. The molecule has 0 aliphatic heterocycles. The normalized spacial score (nSPS) is 12.5. The maximum absolute atomic E-state index is 11.6. The van der Waals surface area contributed by atoms with Crippen LogP contribution in [0.25, 0.3) is 0 Å². The highest BCUT2D eigenvalue weighted by Crippen LogP contribution is 2.13. The van der Waals surface area contributed by atoms with E-state index in [2.05, 4.69) is 26.6 Å². The van der Waals surface area contributed by atoms with Crippen molar-refractivity contribution in [3.05, 3.63) is 28.7 Å². The molecule has 0 saturated carbocycles. The Morgan fingerprint density at radius 3 is 2.50 bits per heavy atom. The lowest BCUT2D eigenvalue weighted by molar-refractivity contribution is -0.115. The summed E-state index contributed by atoms with van der Waals surface area (Å²) in [5, 5.41) is 15.3. The minimum Gasteiger partial charge on any atom is -0.392 e. The molecule has 0 aromatic heterocycles. The smallest absolute Gasteiger partial charge is 0.238 e. The van der Waals surface area contributed by atoms with Crippen molar-refractivity contribution in [1.82, 2.24) is 5.32 Å². The Balaban J connectivity index is 2.27. The lowest BCUT2D eigenvalue weighted by atomic mass is 10.1. The zero-order valence-corrected chi connectivity index (χ0v) is 12.2. The van der Waals surface area contributed by atoms with Gasteiger partial charge in [0.25, 0.3) is 0 Å². The second kappa shape index (κ2) is 7.51. The number of hydrogen-bond donors (Lipinski definition) is 3. The second-order valence-electron chi connectivity index (χ2n) is 4.50. The van der Waals surface area contributed by atoms with Crippen molar-refractivity contribution in [2.75, 3.05) is 18.4 Å². The SMILES string of the molecule is CC(C)C(O)CNCC(=O)Nc1ccc(Br)cc1. The fourth-order valence-corrected chi connectivity index (χ4v) is 1.57. The van der Waals surface area contributed by atoms with Crippen molar-refractivity contribution in [3.8, 4) is 0 Å². The van der Waals surface area contributed by atoms with Crippen LogP contribution in [-0.4, -0.2) is 30.2 Å². The molecule has 1 amide bonds. The van der Waals surface area contributed by atoms with Crippen LogP contribution in [0.1, 0.15) is 13.8 Å². The van der Waals surface area contributed by atoms with Crippen LogP contribution in [0.5, 0.6) is 0 Å². The van der Waals surface area contributed by atoms with Gasteiger partial charge in [-0.1, -0.05) is 29.8 Å². The number of benzene rings is 1. The molecule has 0 bridgehead atoms. The Hall–Kier alpha value is -0.910. The number of amides is 1. The number of anilines is 1. The maximum Gasteiger partial charge on any atom is 0.238 e. The van der Waals surface area contributed by atoms with Crippen LogP contribution >= 0.6 is 15.9 Å². The molecule has 0 aliphatic rings. The van der Waals surface area contributed by atoms with E-state index in [-0.39, 0.29) is 18.4 Å². The molecule has 0 aliphatic carbocycles. The van der Waals surface area contributed by atoms with Gasteiger partial charge in [-0.2, -0.15) is 0 Å². The van der Waals surface area contributed by atoms with Gasteiger partial charge in [0.1, 0.15) is 0 Å². The first-order valence-corrected chi connectivity index (χ1v) is 6.72. The Morgan fingerprint density at radius 2 is 1.94 bits per heavy atom.